The van der Waals surface area contributed by atoms with Crippen LogP contribution in [0.3, 0.4) is 0 Å². The molecule has 154 valence electrons. The number of rotatable bonds is 6. The summed E-state index contributed by atoms with van der Waals surface area (Å²) < 4.78 is 11.0. The zero-order chi connectivity index (χ0) is 21.3. The SMILES string of the molecule is Cc1ccc(OCc2cc(C(=O)N(C)Cc3nc4ccc(Cl)cc4[nH]3)no2)cc1C. The molecule has 0 spiro atoms. The van der Waals surface area contributed by atoms with Gasteiger partial charge in [0.05, 0.1) is 17.6 Å². The predicted octanol–water partition coefficient (Wildman–Crippen LogP) is 4.67. The van der Waals surface area contributed by atoms with Crippen LogP contribution >= 0.6 is 11.6 Å². The summed E-state index contributed by atoms with van der Waals surface area (Å²) >= 11 is 6.00. The fourth-order valence-corrected chi connectivity index (χ4v) is 3.21. The van der Waals surface area contributed by atoms with Gasteiger partial charge in [0.1, 0.15) is 18.2 Å². The molecule has 1 N–H and O–H groups in total. The van der Waals surface area contributed by atoms with Gasteiger partial charge in [0.2, 0.25) is 0 Å². The van der Waals surface area contributed by atoms with Gasteiger partial charge in [0.15, 0.2) is 11.5 Å². The summed E-state index contributed by atoms with van der Waals surface area (Å²) in [7, 11) is 1.68. The molecular formula is C22H21ClN4O3. The molecule has 0 atom stereocenters. The second-order valence-corrected chi connectivity index (χ2v) is 7.66. The van der Waals surface area contributed by atoms with Gasteiger partial charge in [0.25, 0.3) is 5.91 Å². The van der Waals surface area contributed by atoms with E-state index in [9.17, 15) is 4.79 Å². The van der Waals surface area contributed by atoms with Crippen molar-refractivity contribution in [3.63, 3.8) is 0 Å². The number of aromatic nitrogens is 3. The molecule has 0 bridgehead atoms. The lowest BCUT2D eigenvalue weighted by atomic mass is 10.1. The van der Waals surface area contributed by atoms with Crippen LogP contribution in [0.15, 0.2) is 47.0 Å². The average Bonchev–Trinajstić information content (AvgIpc) is 3.34. The monoisotopic (exact) mass is 424 g/mol. The number of amides is 1. The van der Waals surface area contributed by atoms with Crippen molar-refractivity contribution in [2.75, 3.05) is 7.05 Å². The third kappa shape index (κ3) is 4.31. The first-order valence-corrected chi connectivity index (χ1v) is 9.82. The zero-order valence-corrected chi connectivity index (χ0v) is 17.7. The highest BCUT2D eigenvalue weighted by Crippen LogP contribution is 2.19. The molecule has 1 amide bonds. The minimum atomic E-state index is -0.269. The molecule has 0 aliphatic carbocycles. The molecule has 4 rings (SSSR count). The second kappa shape index (κ2) is 8.20. The van der Waals surface area contributed by atoms with Crippen molar-refractivity contribution >= 4 is 28.5 Å². The number of carbonyl (C=O) groups is 1. The van der Waals surface area contributed by atoms with E-state index in [1.165, 1.54) is 10.5 Å². The van der Waals surface area contributed by atoms with Gasteiger partial charge < -0.3 is 19.1 Å². The van der Waals surface area contributed by atoms with E-state index in [1.807, 2.05) is 38.1 Å². The highest BCUT2D eigenvalue weighted by atomic mass is 35.5. The van der Waals surface area contributed by atoms with Gasteiger partial charge in [-0.25, -0.2) is 4.98 Å². The van der Waals surface area contributed by atoms with E-state index in [0.717, 1.165) is 22.3 Å². The molecule has 7 nitrogen and oxygen atoms in total. The average molecular weight is 425 g/mol. The van der Waals surface area contributed by atoms with E-state index in [2.05, 4.69) is 15.1 Å². The number of nitrogens with zero attached hydrogens (tertiary/aromatic N) is 3. The lowest BCUT2D eigenvalue weighted by molar-refractivity contribution is 0.0771. The number of ether oxygens (including phenoxy) is 1. The number of benzene rings is 2. The Balaban J connectivity index is 1.39. The largest absolute Gasteiger partial charge is 0.486 e. The minimum Gasteiger partial charge on any atom is -0.486 e. The van der Waals surface area contributed by atoms with Crippen molar-refractivity contribution in [3.05, 3.63) is 75.9 Å². The Hall–Kier alpha value is -3.32. The van der Waals surface area contributed by atoms with Crippen LogP contribution < -0.4 is 4.74 Å². The molecular weight excluding hydrogens is 404 g/mol. The fourth-order valence-electron chi connectivity index (χ4n) is 3.04. The Kier molecular flexibility index (Phi) is 5.46. The predicted molar refractivity (Wildman–Crippen MR) is 114 cm³/mol. The van der Waals surface area contributed by atoms with E-state index in [4.69, 9.17) is 20.9 Å². The molecule has 2 aromatic heterocycles. The summed E-state index contributed by atoms with van der Waals surface area (Å²) in [5.74, 6) is 1.60. The zero-order valence-electron chi connectivity index (χ0n) is 16.9. The number of imidazole rings is 1. The number of carbonyl (C=O) groups excluding carboxylic acids is 1. The van der Waals surface area contributed by atoms with Crippen LogP contribution in [-0.2, 0) is 13.2 Å². The van der Waals surface area contributed by atoms with Crippen LogP contribution in [0.1, 0.15) is 33.2 Å². The van der Waals surface area contributed by atoms with Gasteiger partial charge in [-0.1, -0.05) is 22.8 Å². The van der Waals surface area contributed by atoms with E-state index < -0.39 is 0 Å². The molecule has 0 radical (unpaired) electrons. The topological polar surface area (TPSA) is 84.2 Å². The number of hydrogen-bond donors (Lipinski definition) is 1. The Morgan fingerprint density at radius 1 is 1.17 bits per heavy atom. The van der Waals surface area contributed by atoms with Gasteiger partial charge in [-0.2, -0.15) is 0 Å². The van der Waals surface area contributed by atoms with Crippen LogP contribution in [0.2, 0.25) is 5.02 Å². The van der Waals surface area contributed by atoms with Gasteiger partial charge in [-0.15, -0.1) is 0 Å². The van der Waals surface area contributed by atoms with Gasteiger partial charge in [0, 0.05) is 18.1 Å². The maximum atomic E-state index is 12.7. The van der Waals surface area contributed by atoms with Crippen LogP contribution in [-0.4, -0.2) is 33.0 Å². The summed E-state index contributed by atoms with van der Waals surface area (Å²) in [6.45, 7) is 4.56. The highest BCUT2D eigenvalue weighted by Gasteiger charge is 2.19. The van der Waals surface area contributed by atoms with Crippen molar-refractivity contribution in [1.82, 2.24) is 20.0 Å². The third-order valence-corrected chi connectivity index (χ3v) is 5.10. The van der Waals surface area contributed by atoms with Crippen LogP contribution in [0.5, 0.6) is 5.75 Å². The summed E-state index contributed by atoms with van der Waals surface area (Å²) in [5, 5.41) is 4.51. The summed E-state index contributed by atoms with van der Waals surface area (Å²) in [6.07, 6.45) is 0. The molecule has 0 saturated heterocycles. The number of fused-ring (bicyclic) bond motifs is 1. The summed E-state index contributed by atoms with van der Waals surface area (Å²) in [6, 6.07) is 12.9. The van der Waals surface area contributed by atoms with Crippen molar-refractivity contribution in [2.24, 2.45) is 0 Å². The first-order chi connectivity index (χ1) is 14.4. The number of aryl methyl sites for hydroxylation is 2. The Morgan fingerprint density at radius 2 is 2.00 bits per heavy atom. The quantitative estimate of drug-likeness (QED) is 0.486. The molecule has 0 aliphatic heterocycles. The lowest BCUT2D eigenvalue weighted by Crippen LogP contribution is -2.27. The molecule has 0 saturated carbocycles. The van der Waals surface area contributed by atoms with E-state index >= 15 is 0 Å². The van der Waals surface area contributed by atoms with Gasteiger partial charge in [-0.05, 0) is 55.3 Å². The summed E-state index contributed by atoms with van der Waals surface area (Å²) in [4.78, 5) is 21.9. The van der Waals surface area contributed by atoms with Crippen LogP contribution in [0, 0.1) is 13.8 Å². The molecule has 2 heterocycles. The summed E-state index contributed by atoms with van der Waals surface area (Å²) in [5.41, 5.74) is 4.18. The van der Waals surface area contributed by atoms with E-state index in [0.29, 0.717) is 23.2 Å². The van der Waals surface area contributed by atoms with Crippen molar-refractivity contribution in [3.8, 4) is 5.75 Å². The number of hydrogen-bond acceptors (Lipinski definition) is 5. The molecule has 4 aromatic rings. The fraction of sp³-hybridized carbons (Fsp3) is 0.227. The van der Waals surface area contributed by atoms with Gasteiger partial charge in [-0.3, -0.25) is 4.79 Å². The van der Waals surface area contributed by atoms with Crippen LogP contribution in [0.25, 0.3) is 11.0 Å². The van der Waals surface area contributed by atoms with Crippen molar-refractivity contribution in [1.29, 1.82) is 0 Å². The first kappa shape index (κ1) is 20.0. The second-order valence-electron chi connectivity index (χ2n) is 7.22. The van der Waals surface area contributed by atoms with Crippen molar-refractivity contribution in [2.45, 2.75) is 27.0 Å². The standard InChI is InChI=1S/C22H21ClN4O3/c1-13-4-6-16(8-14(13)2)29-12-17-10-20(26-30-17)22(28)27(3)11-21-24-18-7-5-15(23)9-19(18)25-21/h4-10H,11-12H2,1-3H3,(H,24,25). The van der Waals surface area contributed by atoms with Crippen molar-refractivity contribution < 1.29 is 14.1 Å². The Bertz CT molecular complexity index is 1210. The Labute approximate surface area is 178 Å². The Morgan fingerprint density at radius 3 is 2.80 bits per heavy atom. The van der Waals surface area contributed by atoms with E-state index in [-0.39, 0.29) is 18.2 Å². The number of nitrogens with one attached hydrogen (secondary N) is 1. The molecule has 2 aromatic carbocycles. The third-order valence-electron chi connectivity index (χ3n) is 4.86. The number of halogens is 1. The van der Waals surface area contributed by atoms with Gasteiger partial charge >= 0.3 is 0 Å². The normalized spacial score (nSPS) is 11.1. The minimum absolute atomic E-state index is 0.191. The molecule has 0 fully saturated rings. The first-order valence-electron chi connectivity index (χ1n) is 9.44. The highest BCUT2D eigenvalue weighted by molar-refractivity contribution is 6.31. The maximum absolute atomic E-state index is 12.7. The smallest absolute Gasteiger partial charge is 0.276 e. The maximum Gasteiger partial charge on any atom is 0.276 e. The lowest BCUT2D eigenvalue weighted by Gasteiger charge is -2.13. The molecule has 30 heavy (non-hydrogen) atoms. The molecule has 0 aliphatic rings. The van der Waals surface area contributed by atoms with Crippen LogP contribution in [0.4, 0.5) is 0 Å². The molecule has 0 unspecified atom stereocenters. The van der Waals surface area contributed by atoms with E-state index in [1.54, 1.807) is 25.2 Å². The number of H-pyrrole nitrogens is 1. The number of aromatic amines is 1. The molecule has 8 heteroatoms.